The summed E-state index contributed by atoms with van der Waals surface area (Å²) in [6.07, 6.45) is 0.163. The van der Waals surface area contributed by atoms with E-state index in [9.17, 15) is 9.59 Å². The molecule has 0 rings (SSSR count). The second kappa shape index (κ2) is 6.97. The number of nitriles is 1. The fourth-order valence-corrected chi connectivity index (χ4v) is 1.34. The van der Waals surface area contributed by atoms with Gasteiger partial charge in [0.25, 0.3) is 0 Å². The molecule has 0 saturated heterocycles. The maximum absolute atomic E-state index is 11.6. The molecule has 0 aromatic heterocycles. The number of carboxylic acids is 1. The summed E-state index contributed by atoms with van der Waals surface area (Å²) in [7, 11) is 0. The normalized spacial score (nSPS) is 12.9. The van der Waals surface area contributed by atoms with Crippen molar-refractivity contribution in [3.8, 4) is 6.07 Å². The van der Waals surface area contributed by atoms with E-state index in [0.717, 1.165) is 0 Å². The fraction of sp³-hybridized carbons (Fsp3) is 0.750. The van der Waals surface area contributed by atoms with Gasteiger partial charge in [0.2, 0.25) is 0 Å². The van der Waals surface area contributed by atoms with E-state index in [2.05, 4.69) is 0 Å². The van der Waals surface area contributed by atoms with Crippen LogP contribution >= 0.6 is 0 Å². The maximum atomic E-state index is 11.6. The molecule has 0 amide bonds. The predicted molar refractivity (Wildman–Crippen MR) is 64.7 cm³/mol. The van der Waals surface area contributed by atoms with Gasteiger partial charge in [-0.2, -0.15) is 5.26 Å². The minimum Gasteiger partial charge on any atom is -0.480 e. The zero-order chi connectivity index (χ0) is 14.3. The Morgan fingerprint density at radius 3 is 2.33 bits per heavy atom. The molecule has 0 saturated carbocycles. The van der Waals surface area contributed by atoms with E-state index in [1.807, 2.05) is 6.07 Å². The highest BCUT2D eigenvalue weighted by Gasteiger charge is 2.23. The van der Waals surface area contributed by atoms with Gasteiger partial charge >= 0.3 is 11.9 Å². The Balaban J connectivity index is 4.54. The number of rotatable bonds is 6. The van der Waals surface area contributed by atoms with Crippen LogP contribution in [-0.2, 0) is 14.3 Å². The van der Waals surface area contributed by atoms with Crippen molar-refractivity contribution in [2.45, 2.75) is 45.8 Å². The van der Waals surface area contributed by atoms with Gasteiger partial charge in [0.05, 0.1) is 25.6 Å². The molecule has 6 heteroatoms. The lowest BCUT2D eigenvalue weighted by Crippen LogP contribution is -2.42. The molecule has 0 aliphatic rings. The summed E-state index contributed by atoms with van der Waals surface area (Å²) >= 11 is 0. The van der Waals surface area contributed by atoms with E-state index in [-0.39, 0.29) is 25.6 Å². The number of hydrogen-bond donors (Lipinski definition) is 1. The van der Waals surface area contributed by atoms with Crippen LogP contribution in [0, 0.1) is 11.3 Å². The molecule has 1 atom stereocenters. The monoisotopic (exact) mass is 256 g/mol. The number of ether oxygens (including phenoxy) is 1. The number of carboxylic acid groups (broad SMARTS) is 1. The maximum Gasteiger partial charge on any atom is 0.320 e. The summed E-state index contributed by atoms with van der Waals surface area (Å²) in [6, 6.07) is 1.65. The number of aliphatic carboxylic acids is 1. The van der Waals surface area contributed by atoms with Crippen molar-refractivity contribution in [1.29, 1.82) is 5.26 Å². The van der Waals surface area contributed by atoms with Crippen molar-refractivity contribution in [2.75, 3.05) is 13.1 Å². The molecule has 0 fully saturated rings. The quantitative estimate of drug-likeness (QED) is 0.713. The van der Waals surface area contributed by atoms with Crippen LogP contribution in [0.4, 0.5) is 0 Å². The van der Waals surface area contributed by atoms with Crippen molar-refractivity contribution in [2.24, 2.45) is 0 Å². The summed E-state index contributed by atoms with van der Waals surface area (Å²) in [5.41, 5.74) is -0.607. The number of carbonyl (C=O) groups excluding carboxylic acids is 1. The first-order valence-corrected chi connectivity index (χ1v) is 5.70. The van der Waals surface area contributed by atoms with Crippen LogP contribution in [0.15, 0.2) is 0 Å². The molecular weight excluding hydrogens is 236 g/mol. The van der Waals surface area contributed by atoms with Crippen LogP contribution < -0.4 is 0 Å². The minimum absolute atomic E-state index is 0.133. The SMILES string of the molecule is C[C@@H](CC#N)N(CC(=O)O)CC(=O)OC(C)(C)C. The van der Waals surface area contributed by atoms with Gasteiger partial charge in [0.15, 0.2) is 0 Å². The Bertz CT molecular complexity index is 341. The van der Waals surface area contributed by atoms with Gasteiger partial charge in [-0.05, 0) is 27.7 Å². The first kappa shape index (κ1) is 16.4. The van der Waals surface area contributed by atoms with Crippen molar-refractivity contribution in [3.63, 3.8) is 0 Å². The third-order valence-corrected chi connectivity index (χ3v) is 2.10. The van der Waals surface area contributed by atoms with E-state index in [1.165, 1.54) is 4.90 Å². The summed E-state index contributed by atoms with van der Waals surface area (Å²) < 4.78 is 5.12. The van der Waals surface area contributed by atoms with Crippen LogP contribution in [-0.4, -0.2) is 46.7 Å². The smallest absolute Gasteiger partial charge is 0.320 e. The van der Waals surface area contributed by atoms with Crippen LogP contribution in [0.5, 0.6) is 0 Å². The van der Waals surface area contributed by atoms with Crippen molar-refractivity contribution < 1.29 is 19.4 Å². The first-order valence-electron chi connectivity index (χ1n) is 5.70. The highest BCUT2D eigenvalue weighted by molar-refractivity contribution is 5.74. The zero-order valence-electron chi connectivity index (χ0n) is 11.3. The largest absolute Gasteiger partial charge is 0.480 e. The van der Waals surface area contributed by atoms with Crippen molar-refractivity contribution in [1.82, 2.24) is 4.90 Å². The third kappa shape index (κ3) is 7.63. The molecule has 0 heterocycles. The standard InChI is InChI=1S/C12H20N2O4/c1-9(5-6-13)14(7-10(15)16)8-11(17)18-12(2,3)4/h9H,5,7-8H2,1-4H3,(H,15,16)/t9-/m0/s1. The Morgan fingerprint density at radius 2 is 1.94 bits per heavy atom. The molecule has 0 radical (unpaired) electrons. The second-order valence-corrected chi connectivity index (χ2v) is 5.10. The Morgan fingerprint density at radius 1 is 1.39 bits per heavy atom. The second-order valence-electron chi connectivity index (χ2n) is 5.10. The first-order chi connectivity index (χ1) is 8.15. The van der Waals surface area contributed by atoms with Gasteiger partial charge in [-0.3, -0.25) is 14.5 Å². The molecule has 0 aliphatic carbocycles. The zero-order valence-corrected chi connectivity index (χ0v) is 11.3. The molecule has 0 unspecified atom stereocenters. The van der Waals surface area contributed by atoms with Crippen LogP contribution in [0.3, 0.4) is 0 Å². The highest BCUT2D eigenvalue weighted by atomic mass is 16.6. The average molecular weight is 256 g/mol. The molecule has 0 bridgehead atoms. The average Bonchev–Trinajstić information content (AvgIpc) is 2.13. The summed E-state index contributed by atoms with van der Waals surface area (Å²) in [5, 5.41) is 17.4. The Labute approximate surface area is 107 Å². The van der Waals surface area contributed by atoms with Gasteiger partial charge < -0.3 is 9.84 Å². The lowest BCUT2D eigenvalue weighted by Gasteiger charge is -2.27. The lowest BCUT2D eigenvalue weighted by atomic mass is 10.2. The van der Waals surface area contributed by atoms with Crippen LogP contribution in [0.1, 0.15) is 34.1 Å². The van der Waals surface area contributed by atoms with Crippen LogP contribution in [0.25, 0.3) is 0 Å². The third-order valence-electron chi connectivity index (χ3n) is 2.10. The molecular formula is C12H20N2O4. The summed E-state index contributed by atoms with van der Waals surface area (Å²) in [5.74, 6) is -1.53. The van der Waals surface area contributed by atoms with E-state index in [0.29, 0.717) is 0 Å². The minimum atomic E-state index is -1.04. The molecule has 0 aromatic rings. The summed E-state index contributed by atoms with van der Waals surface area (Å²) in [6.45, 7) is 6.51. The van der Waals surface area contributed by atoms with E-state index in [4.69, 9.17) is 15.1 Å². The van der Waals surface area contributed by atoms with Gasteiger partial charge in [-0.15, -0.1) is 0 Å². The number of nitrogens with zero attached hydrogens (tertiary/aromatic N) is 2. The van der Waals surface area contributed by atoms with Crippen molar-refractivity contribution in [3.05, 3.63) is 0 Å². The molecule has 1 N–H and O–H groups in total. The summed E-state index contributed by atoms with van der Waals surface area (Å²) in [4.78, 5) is 23.7. The van der Waals surface area contributed by atoms with Gasteiger partial charge in [-0.1, -0.05) is 0 Å². The molecule has 0 aliphatic heterocycles. The van der Waals surface area contributed by atoms with E-state index >= 15 is 0 Å². The lowest BCUT2D eigenvalue weighted by molar-refractivity contribution is -0.157. The molecule has 0 aromatic carbocycles. The van der Waals surface area contributed by atoms with Gasteiger partial charge in [0.1, 0.15) is 5.60 Å². The van der Waals surface area contributed by atoms with Gasteiger partial charge in [0, 0.05) is 6.04 Å². The number of hydrogen-bond acceptors (Lipinski definition) is 5. The number of carbonyl (C=O) groups is 2. The fourth-order valence-electron chi connectivity index (χ4n) is 1.34. The Kier molecular flexibility index (Phi) is 6.34. The van der Waals surface area contributed by atoms with E-state index < -0.39 is 17.5 Å². The van der Waals surface area contributed by atoms with E-state index in [1.54, 1.807) is 27.7 Å². The molecule has 0 spiro atoms. The van der Waals surface area contributed by atoms with Gasteiger partial charge in [-0.25, -0.2) is 0 Å². The number of esters is 1. The Hall–Kier alpha value is -1.61. The molecule has 18 heavy (non-hydrogen) atoms. The van der Waals surface area contributed by atoms with Crippen LogP contribution in [0.2, 0.25) is 0 Å². The van der Waals surface area contributed by atoms with Crippen molar-refractivity contribution >= 4 is 11.9 Å². The highest BCUT2D eigenvalue weighted by Crippen LogP contribution is 2.09. The molecule has 102 valence electrons. The predicted octanol–water partition coefficient (Wildman–Crippen LogP) is 1.02. The topological polar surface area (TPSA) is 90.6 Å². The molecule has 6 nitrogen and oxygen atoms in total.